The molecule has 1 aromatic heterocycles. The minimum absolute atomic E-state index is 0.636. The van der Waals surface area contributed by atoms with E-state index in [9.17, 15) is 0 Å². The summed E-state index contributed by atoms with van der Waals surface area (Å²) in [5, 5.41) is 11.7. The molecule has 0 bridgehead atoms. The van der Waals surface area contributed by atoms with Gasteiger partial charge in [-0.2, -0.15) is 5.10 Å². The first kappa shape index (κ1) is 16.4. The van der Waals surface area contributed by atoms with Gasteiger partial charge in [0, 0.05) is 22.7 Å². The number of hydrogen-bond acceptors (Lipinski definition) is 5. The van der Waals surface area contributed by atoms with Crippen molar-refractivity contribution in [3.05, 3.63) is 59.4 Å². The predicted octanol–water partition coefficient (Wildman–Crippen LogP) is 2.45. The Kier molecular flexibility index (Phi) is 3.91. The first-order chi connectivity index (χ1) is 13.2. The van der Waals surface area contributed by atoms with Crippen LogP contribution in [0.4, 0.5) is 11.5 Å². The number of halogens is 1. The van der Waals surface area contributed by atoms with E-state index < -0.39 is 0 Å². The van der Waals surface area contributed by atoms with Gasteiger partial charge in [-0.15, -0.1) is 0 Å². The van der Waals surface area contributed by atoms with E-state index in [1.807, 2.05) is 30.6 Å². The van der Waals surface area contributed by atoms with Crippen LogP contribution in [0.1, 0.15) is 24.5 Å². The van der Waals surface area contributed by atoms with Gasteiger partial charge in [0.05, 0.1) is 25.2 Å². The van der Waals surface area contributed by atoms with Crippen molar-refractivity contribution in [2.45, 2.75) is 18.8 Å². The largest absolute Gasteiger partial charge is 0.495 e. The third kappa shape index (κ3) is 3.09. The molecule has 5 rings (SSSR count). The number of aromatic amines is 1. The van der Waals surface area contributed by atoms with Crippen LogP contribution in [0.15, 0.2) is 53.7 Å². The smallest absolute Gasteiger partial charge is 0.232 e. The molecule has 8 heteroatoms. The van der Waals surface area contributed by atoms with E-state index in [0.29, 0.717) is 17.5 Å². The van der Waals surface area contributed by atoms with Crippen LogP contribution < -0.4 is 19.9 Å². The molecule has 1 atom stereocenters. The first-order valence-corrected chi connectivity index (χ1v) is 9.34. The Morgan fingerprint density at radius 1 is 1.33 bits per heavy atom. The van der Waals surface area contributed by atoms with Gasteiger partial charge in [-0.05, 0) is 31.0 Å². The lowest BCUT2D eigenvalue weighted by Gasteiger charge is -2.29. The molecule has 7 nitrogen and oxygen atoms in total. The van der Waals surface area contributed by atoms with Gasteiger partial charge in [-0.25, -0.2) is 9.89 Å². The van der Waals surface area contributed by atoms with E-state index in [1.165, 1.54) is 18.5 Å². The van der Waals surface area contributed by atoms with E-state index >= 15 is 0 Å². The number of anilines is 2. The number of quaternary nitrogens is 1. The number of rotatable bonds is 5. The van der Waals surface area contributed by atoms with Gasteiger partial charge >= 0.3 is 0 Å². The molecule has 0 amide bonds. The lowest BCUT2D eigenvalue weighted by atomic mass is 10.2. The third-order valence-corrected chi connectivity index (χ3v) is 5.24. The first-order valence-electron chi connectivity index (χ1n) is 8.96. The molecule has 3 N–H and O–H groups in total. The fraction of sp³-hybridized carbons (Fsp3) is 0.263. The number of benzene rings is 1. The molecule has 3 heterocycles. The highest BCUT2D eigenvalue weighted by Crippen LogP contribution is 2.39. The number of ether oxygens (including phenoxy) is 1. The van der Waals surface area contributed by atoms with E-state index in [-0.39, 0.29) is 0 Å². The lowest BCUT2D eigenvalue weighted by molar-refractivity contribution is -0.698. The Morgan fingerprint density at radius 3 is 3.04 bits per heavy atom. The lowest BCUT2D eigenvalue weighted by Crippen LogP contribution is -3.10. The summed E-state index contributed by atoms with van der Waals surface area (Å²) in [5.74, 6) is 4.16. The summed E-state index contributed by atoms with van der Waals surface area (Å²) < 4.78 is 5.53. The Balaban J connectivity index is 1.48. The highest BCUT2D eigenvalue weighted by atomic mass is 35.5. The maximum Gasteiger partial charge on any atom is 0.232 e. The predicted molar refractivity (Wildman–Crippen MR) is 105 cm³/mol. The number of nitrogens with zero attached hydrogens (tertiary/aromatic N) is 3. The standard InChI is InChI=1S/C19H19ClN6O/c1-27-16-5-4-13(20)8-15(16)25-10-18-21-6-7-26(18)19(11-25)22-17-9-14(23-24-17)12-2-3-12/h4-9,11-12H,2-3,10H2,1H3,(H2,22,23,24)/p+1. The number of H-pyrrole nitrogens is 1. The number of aliphatic imine (C=N–C) groups is 1. The fourth-order valence-electron chi connectivity index (χ4n) is 3.46. The van der Waals surface area contributed by atoms with Gasteiger partial charge in [0.15, 0.2) is 5.82 Å². The summed E-state index contributed by atoms with van der Waals surface area (Å²) in [6.07, 6.45) is 8.39. The Hall–Kier alpha value is -2.77. The van der Waals surface area contributed by atoms with Crippen LogP contribution in [0.2, 0.25) is 5.02 Å². The van der Waals surface area contributed by atoms with Crippen molar-refractivity contribution in [3.8, 4) is 5.75 Å². The molecule has 3 aliphatic rings. The Morgan fingerprint density at radius 2 is 2.22 bits per heavy atom. The summed E-state index contributed by atoms with van der Waals surface area (Å²) in [6, 6.07) is 7.70. The average molecular weight is 384 g/mol. The van der Waals surface area contributed by atoms with Crippen molar-refractivity contribution >= 4 is 28.9 Å². The van der Waals surface area contributed by atoms with Crippen LogP contribution in [0.5, 0.6) is 5.75 Å². The molecule has 27 heavy (non-hydrogen) atoms. The second-order valence-corrected chi connectivity index (χ2v) is 7.34. The fourth-order valence-corrected chi connectivity index (χ4v) is 3.62. The topological polar surface area (TPSA) is 70.0 Å². The number of fused-ring (bicyclic) bond motifs is 1. The second-order valence-electron chi connectivity index (χ2n) is 6.90. The minimum atomic E-state index is 0.636. The quantitative estimate of drug-likeness (QED) is 0.741. The summed E-state index contributed by atoms with van der Waals surface area (Å²) in [5.41, 5.74) is 2.10. The highest BCUT2D eigenvalue weighted by molar-refractivity contribution is 6.31. The molecule has 2 aromatic rings. The van der Waals surface area contributed by atoms with Crippen LogP contribution in [-0.4, -0.2) is 29.7 Å². The van der Waals surface area contributed by atoms with Gasteiger partial charge < -0.3 is 9.64 Å². The summed E-state index contributed by atoms with van der Waals surface area (Å²) in [6.45, 7) is 0.651. The molecular formula is C19H20ClN6O+. The average Bonchev–Trinajstić information content (AvgIpc) is 3.23. The maximum atomic E-state index is 6.23. The number of nitrogens with one attached hydrogen (secondary N) is 3. The number of amidine groups is 1. The molecule has 1 aromatic carbocycles. The van der Waals surface area contributed by atoms with Gasteiger partial charge in [0.1, 0.15) is 18.5 Å². The van der Waals surface area contributed by atoms with Crippen molar-refractivity contribution in [2.24, 2.45) is 4.99 Å². The van der Waals surface area contributed by atoms with Crippen LogP contribution in [-0.2, 0) is 0 Å². The SMILES string of the molecule is COc1ccc(Cl)cc1N1C=C(Nc2cc(C3CC3)[nH]n2)[NH+]2C=CN=C2C1. The summed E-state index contributed by atoms with van der Waals surface area (Å²) in [4.78, 5) is 7.70. The van der Waals surface area contributed by atoms with E-state index in [2.05, 4.69) is 37.7 Å². The number of aromatic nitrogens is 2. The molecule has 0 saturated heterocycles. The molecule has 138 valence electrons. The van der Waals surface area contributed by atoms with E-state index in [4.69, 9.17) is 16.3 Å². The van der Waals surface area contributed by atoms with Crippen molar-refractivity contribution in [1.82, 2.24) is 10.2 Å². The molecule has 0 spiro atoms. The summed E-state index contributed by atoms with van der Waals surface area (Å²) >= 11 is 6.23. The molecule has 1 aliphatic carbocycles. The van der Waals surface area contributed by atoms with Gasteiger partial charge in [-0.1, -0.05) is 11.6 Å². The molecule has 2 aliphatic heterocycles. The van der Waals surface area contributed by atoms with Crippen molar-refractivity contribution in [3.63, 3.8) is 0 Å². The third-order valence-electron chi connectivity index (χ3n) is 5.01. The zero-order valence-electron chi connectivity index (χ0n) is 14.9. The Labute approximate surface area is 162 Å². The van der Waals surface area contributed by atoms with Crippen LogP contribution in [0.25, 0.3) is 0 Å². The van der Waals surface area contributed by atoms with Crippen LogP contribution in [0.3, 0.4) is 0 Å². The summed E-state index contributed by atoms with van der Waals surface area (Å²) in [7, 11) is 1.66. The van der Waals surface area contributed by atoms with Gasteiger partial charge in [0.25, 0.3) is 0 Å². The van der Waals surface area contributed by atoms with Gasteiger partial charge in [-0.3, -0.25) is 10.4 Å². The molecule has 0 radical (unpaired) electrons. The zero-order chi connectivity index (χ0) is 18.4. The Bertz CT molecular complexity index is 974. The van der Waals surface area contributed by atoms with E-state index in [1.54, 1.807) is 7.11 Å². The normalized spacial score (nSPS) is 21.0. The molecular weight excluding hydrogens is 364 g/mol. The highest BCUT2D eigenvalue weighted by Gasteiger charge is 2.33. The molecule has 1 fully saturated rings. The molecule has 1 unspecified atom stereocenters. The maximum absolute atomic E-state index is 6.23. The van der Waals surface area contributed by atoms with Crippen LogP contribution >= 0.6 is 11.6 Å². The van der Waals surface area contributed by atoms with Gasteiger partial charge in [0.2, 0.25) is 11.7 Å². The number of hydrogen-bond donors (Lipinski definition) is 3. The minimum Gasteiger partial charge on any atom is -0.495 e. The van der Waals surface area contributed by atoms with E-state index in [0.717, 1.165) is 33.8 Å². The second kappa shape index (κ2) is 6.44. The van der Waals surface area contributed by atoms with Crippen LogP contribution in [0, 0.1) is 0 Å². The van der Waals surface area contributed by atoms with Crippen molar-refractivity contribution < 1.29 is 9.64 Å². The molecule has 1 saturated carbocycles. The zero-order valence-corrected chi connectivity index (χ0v) is 15.6. The number of methoxy groups -OCH3 is 1. The van der Waals surface area contributed by atoms with Crippen molar-refractivity contribution in [2.75, 3.05) is 23.9 Å². The van der Waals surface area contributed by atoms with Crippen molar-refractivity contribution in [1.29, 1.82) is 0 Å². The monoisotopic (exact) mass is 383 g/mol.